The molecular formula is C18H38N2S. The summed E-state index contributed by atoms with van der Waals surface area (Å²) in [6.07, 6.45) is 18.0. The van der Waals surface area contributed by atoms with Gasteiger partial charge in [-0.05, 0) is 31.9 Å². The van der Waals surface area contributed by atoms with E-state index in [-0.39, 0.29) is 0 Å². The maximum atomic E-state index is 5.79. The Labute approximate surface area is 137 Å². The maximum absolute atomic E-state index is 5.79. The Morgan fingerprint density at radius 3 is 2.05 bits per heavy atom. The standard InChI is InChI=1S/C18H38N2S/c1-3-4-5-6-7-8-9-10-11-12-14-17(20-19)18(2)15-13-16-21-18/h17,20H,3-16,19H2,1-2H3. The summed E-state index contributed by atoms with van der Waals surface area (Å²) in [6, 6.07) is 0.499. The van der Waals surface area contributed by atoms with E-state index in [1.165, 1.54) is 89.2 Å². The van der Waals surface area contributed by atoms with E-state index in [0.29, 0.717) is 10.8 Å². The number of hydrogen-bond acceptors (Lipinski definition) is 3. The molecule has 0 radical (unpaired) electrons. The lowest BCUT2D eigenvalue weighted by Gasteiger charge is -2.32. The summed E-state index contributed by atoms with van der Waals surface area (Å²) in [5, 5.41) is 0. The SMILES string of the molecule is CCCCCCCCCCCCC(NN)C1(C)CCCS1. The minimum atomic E-state index is 0.383. The first-order valence-electron chi connectivity index (χ1n) is 9.33. The summed E-state index contributed by atoms with van der Waals surface area (Å²) >= 11 is 2.12. The van der Waals surface area contributed by atoms with Crippen molar-refractivity contribution in [3.05, 3.63) is 0 Å². The number of nitrogens with one attached hydrogen (secondary N) is 1. The molecule has 0 saturated carbocycles. The van der Waals surface area contributed by atoms with Crippen LogP contribution in [-0.4, -0.2) is 16.5 Å². The van der Waals surface area contributed by atoms with Gasteiger partial charge in [0.1, 0.15) is 0 Å². The number of hydrogen-bond donors (Lipinski definition) is 2. The summed E-state index contributed by atoms with van der Waals surface area (Å²) in [4.78, 5) is 0. The minimum Gasteiger partial charge on any atom is -0.271 e. The Hall–Kier alpha value is 0.270. The molecule has 2 nitrogen and oxygen atoms in total. The zero-order chi connectivity index (χ0) is 15.4. The molecule has 0 spiro atoms. The predicted octanol–water partition coefficient (Wildman–Crippen LogP) is 5.42. The molecule has 0 aromatic carbocycles. The molecule has 3 heteroatoms. The zero-order valence-corrected chi connectivity index (χ0v) is 15.3. The molecular weight excluding hydrogens is 276 g/mol. The molecule has 3 N–H and O–H groups in total. The second kappa shape index (κ2) is 11.8. The Balaban J connectivity index is 1.95. The fourth-order valence-electron chi connectivity index (χ4n) is 3.48. The average molecular weight is 315 g/mol. The fourth-order valence-corrected chi connectivity index (χ4v) is 4.91. The van der Waals surface area contributed by atoms with Crippen molar-refractivity contribution in [3.63, 3.8) is 0 Å². The van der Waals surface area contributed by atoms with Gasteiger partial charge in [0.25, 0.3) is 0 Å². The highest BCUT2D eigenvalue weighted by atomic mass is 32.2. The molecule has 2 unspecified atom stereocenters. The third-order valence-corrected chi connectivity index (χ3v) is 6.67. The van der Waals surface area contributed by atoms with E-state index in [0.717, 1.165) is 0 Å². The summed E-state index contributed by atoms with van der Waals surface area (Å²) in [6.45, 7) is 4.68. The summed E-state index contributed by atoms with van der Waals surface area (Å²) in [5.41, 5.74) is 3.09. The molecule has 2 atom stereocenters. The largest absolute Gasteiger partial charge is 0.271 e. The van der Waals surface area contributed by atoms with Crippen molar-refractivity contribution in [2.24, 2.45) is 5.84 Å². The normalized spacial score (nSPS) is 23.6. The van der Waals surface area contributed by atoms with Crippen LogP contribution in [0.3, 0.4) is 0 Å². The van der Waals surface area contributed by atoms with Gasteiger partial charge in [0.15, 0.2) is 0 Å². The molecule has 1 heterocycles. The van der Waals surface area contributed by atoms with Crippen LogP contribution in [-0.2, 0) is 0 Å². The van der Waals surface area contributed by atoms with E-state index in [2.05, 4.69) is 31.0 Å². The molecule has 0 amide bonds. The van der Waals surface area contributed by atoms with Gasteiger partial charge in [0.05, 0.1) is 0 Å². The van der Waals surface area contributed by atoms with Gasteiger partial charge >= 0.3 is 0 Å². The molecule has 1 aliphatic heterocycles. The van der Waals surface area contributed by atoms with Crippen LogP contribution in [0.2, 0.25) is 0 Å². The molecule has 1 rings (SSSR count). The maximum Gasteiger partial charge on any atom is 0.0354 e. The predicted molar refractivity (Wildman–Crippen MR) is 97.7 cm³/mol. The van der Waals surface area contributed by atoms with Gasteiger partial charge in [-0.3, -0.25) is 11.3 Å². The highest BCUT2D eigenvalue weighted by Crippen LogP contribution is 2.41. The van der Waals surface area contributed by atoms with Crippen LogP contribution in [0.1, 0.15) is 97.3 Å². The van der Waals surface area contributed by atoms with Crippen LogP contribution in [0.25, 0.3) is 0 Å². The molecule has 1 fully saturated rings. The van der Waals surface area contributed by atoms with Gasteiger partial charge in [-0.1, -0.05) is 71.1 Å². The minimum absolute atomic E-state index is 0.383. The van der Waals surface area contributed by atoms with E-state index in [1.54, 1.807) is 0 Å². The number of nitrogens with two attached hydrogens (primary N) is 1. The Bertz CT molecular complexity index is 239. The first-order chi connectivity index (χ1) is 10.2. The third kappa shape index (κ3) is 7.90. The van der Waals surface area contributed by atoms with E-state index < -0.39 is 0 Å². The van der Waals surface area contributed by atoms with E-state index in [9.17, 15) is 0 Å². The van der Waals surface area contributed by atoms with Crippen molar-refractivity contribution in [3.8, 4) is 0 Å². The molecule has 0 aromatic heterocycles. The second-order valence-corrected chi connectivity index (χ2v) is 8.58. The lowest BCUT2D eigenvalue weighted by atomic mass is 9.92. The topological polar surface area (TPSA) is 38.0 Å². The van der Waals surface area contributed by atoms with Crippen LogP contribution < -0.4 is 11.3 Å². The van der Waals surface area contributed by atoms with E-state index in [4.69, 9.17) is 5.84 Å². The number of rotatable bonds is 13. The smallest absolute Gasteiger partial charge is 0.0354 e. The lowest BCUT2D eigenvalue weighted by Crippen LogP contribution is -2.48. The van der Waals surface area contributed by atoms with Gasteiger partial charge in [0, 0.05) is 10.8 Å². The monoisotopic (exact) mass is 314 g/mol. The first kappa shape index (κ1) is 19.3. The van der Waals surface area contributed by atoms with Crippen LogP contribution >= 0.6 is 11.8 Å². The molecule has 1 aliphatic rings. The average Bonchev–Trinajstić information content (AvgIpc) is 2.92. The van der Waals surface area contributed by atoms with Crippen molar-refractivity contribution in [1.29, 1.82) is 0 Å². The highest BCUT2D eigenvalue weighted by molar-refractivity contribution is 8.00. The van der Waals surface area contributed by atoms with Crippen LogP contribution in [0.15, 0.2) is 0 Å². The molecule has 126 valence electrons. The Morgan fingerprint density at radius 1 is 1.00 bits per heavy atom. The van der Waals surface area contributed by atoms with Crippen LogP contribution in [0.4, 0.5) is 0 Å². The van der Waals surface area contributed by atoms with Crippen molar-refractivity contribution >= 4 is 11.8 Å². The Kier molecular flexibility index (Phi) is 10.8. The first-order valence-corrected chi connectivity index (χ1v) is 10.3. The van der Waals surface area contributed by atoms with Gasteiger partial charge in [-0.15, -0.1) is 0 Å². The molecule has 0 aliphatic carbocycles. The van der Waals surface area contributed by atoms with Crippen LogP contribution in [0.5, 0.6) is 0 Å². The summed E-state index contributed by atoms with van der Waals surface area (Å²) in [5.74, 6) is 7.11. The zero-order valence-electron chi connectivity index (χ0n) is 14.5. The third-order valence-electron chi connectivity index (χ3n) is 5.03. The molecule has 0 bridgehead atoms. The van der Waals surface area contributed by atoms with Crippen molar-refractivity contribution in [2.75, 3.05) is 5.75 Å². The molecule has 21 heavy (non-hydrogen) atoms. The van der Waals surface area contributed by atoms with Crippen LogP contribution in [0, 0.1) is 0 Å². The lowest BCUT2D eigenvalue weighted by molar-refractivity contribution is 0.372. The molecule has 1 saturated heterocycles. The molecule has 0 aromatic rings. The van der Waals surface area contributed by atoms with Gasteiger partial charge in [-0.25, -0.2) is 0 Å². The Morgan fingerprint density at radius 2 is 1.57 bits per heavy atom. The van der Waals surface area contributed by atoms with Gasteiger partial charge in [-0.2, -0.15) is 11.8 Å². The second-order valence-electron chi connectivity index (χ2n) is 6.95. The fraction of sp³-hybridized carbons (Fsp3) is 1.00. The summed E-state index contributed by atoms with van der Waals surface area (Å²) < 4.78 is 0.383. The van der Waals surface area contributed by atoms with Gasteiger partial charge in [0.2, 0.25) is 0 Å². The van der Waals surface area contributed by atoms with Crippen molar-refractivity contribution < 1.29 is 0 Å². The number of thioether (sulfide) groups is 1. The van der Waals surface area contributed by atoms with E-state index >= 15 is 0 Å². The number of unbranched alkanes of at least 4 members (excludes halogenated alkanes) is 9. The number of hydrazine groups is 1. The van der Waals surface area contributed by atoms with Crippen molar-refractivity contribution in [1.82, 2.24) is 5.43 Å². The highest BCUT2D eigenvalue weighted by Gasteiger charge is 2.36. The van der Waals surface area contributed by atoms with Gasteiger partial charge < -0.3 is 0 Å². The summed E-state index contributed by atoms with van der Waals surface area (Å²) in [7, 11) is 0. The quantitative estimate of drug-likeness (QED) is 0.271. The van der Waals surface area contributed by atoms with Crippen molar-refractivity contribution in [2.45, 2.75) is 108 Å². The van der Waals surface area contributed by atoms with E-state index in [1.807, 2.05) is 0 Å².